The third kappa shape index (κ3) is 7.92. The molecule has 18 heavy (non-hydrogen) atoms. The highest BCUT2D eigenvalue weighted by molar-refractivity contribution is 6.58. The third-order valence-corrected chi connectivity index (χ3v) is 2.57. The second-order valence-corrected chi connectivity index (χ2v) is 3.96. The molecule has 0 amide bonds. The van der Waals surface area contributed by atoms with E-state index in [4.69, 9.17) is 10.0 Å². The van der Waals surface area contributed by atoms with Gasteiger partial charge in [-0.1, -0.05) is 24.3 Å². The first-order valence-corrected chi connectivity index (χ1v) is 5.80. The van der Waals surface area contributed by atoms with Crippen LogP contribution < -0.4 is 41.3 Å². The van der Waals surface area contributed by atoms with E-state index >= 15 is 0 Å². The molecule has 0 unspecified atom stereocenters. The van der Waals surface area contributed by atoms with Crippen molar-refractivity contribution in [3.63, 3.8) is 0 Å². The molecule has 0 saturated carbocycles. The molecular weight excluding hydrogens is 274 g/mol. The van der Waals surface area contributed by atoms with Crippen LogP contribution in [0.3, 0.4) is 0 Å². The minimum Gasteiger partial charge on any atom is -1.00 e. The molecule has 1 rings (SSSR count). The van der Waals surface area contributed by atoms with Crippen molar-refractivity contribution in [3.05, 3.63) is 29.8 Å². The van der Waals surface area contributed by atoms with Gasteiger partial charge in [0.25, 0.3) is 0 Å². The standard InChI is InChI=1S/C11H19BN2O2.2ClH/c13-7-1-2-8-14-9-10-3-5-11(6-4-10)12(15)16;;/h3-6,14-16H,1-2,7-9,13H2;2*1H. The van der Waals surface area contributed by atoms with Gasteiger partial charge in [-0.25, -0.2) is 0 Å². The van der Waals surface area contributed by atoms with Gasteiger partial charge in [-0.2, -0.15) is 0 Å². The van der Waals surface area contributed by atoms with Gasteiger partial charge >= 0.3 is 7.12 Å². The third-order valence-electron chi connectivity index (χ3n) is 2.57. The molecule has 1 aromatic rings. The van der Waals surface area contributed by atoms with Gasteiger partial charge in [0, 0.05) is 18.4 Å². The Morgan fingerprint density at radius 3 is 2.17 bits per heavy atom. The van der Waals surface area contributed by atoms with Crippen molar-refractivity contribution >= 4 is 12.6 Å². The Morgan fingerprint density at radius 2 is 1.67 bits per heavy atom. The number of benzene rings is 1. The second-order valence-electron chi connectivity index (χ2n) is 3.96. The van der Waals surface area contributed by atoms with Gasteiger partial charge < -0.3 is 45.9 Å². The summed E-state index contributed by atoms with van der Waals surface area (Å²) in [6, 6.07) is 7.38. The van der Waals surface area contributed by atoms with E-state index in [9.17, 15) is 0 Å². The molecule has 4 nitrogen and oxygen atoms in total. The predicted molar refractivity (Wildman–Crippen MR) is 63.8 cm³/mol. The molecular formula is C11H21BCl2N2O2. The molecule has 0 radical (unpaired) electrons. The van der Waals surface area contributed by atoms with Gasteiger partial charge in [0.15, 0.2) is 0 Å². The zero-order chi connectivity index (χ0) is 11.8. The van der Waals surface area contributed by atoms with E-state index in [2.05, 4.69) is 11.1 Å². The summed E-state index contributed by atoms with van der Waals surface area (Å²) in [6.45, 7) is 3.08. The quantitative estimate of drug-likeness (QED) is 0.297. The molecule has 104 valence electrons. The summed E-state index contributed by atoms with van der Waals surface area (Å²) in [6.07, 6.45) is 2.39. The summed E-state index contributed by atoms with van der Waals surface area (Å²) in [5, 5.41) is 20.1. The summed E-state index contributed by atoms with van der Waals surface area (Å²) in [5.41, 5.74) is 5.56. The van der Waals surface area contributed by atoms with Crippen LogP contribution >= 0.6 is 0 Å². The molecule has 0 aliphatic heterocycles. The first kappa shape index (κ1) is 20.0. The average Bonchev–Trinajstić information content (AvgIpc) is 2.29. The van der Waals surface area contributed by atoms with E-state index < -0.39 is 7.12 Å². The number of hydrogen-bond acceptors (Lipinski definition) is 2. The summed E-state index contributed by atoms with van der Waals surface area (Å²) in [5.74, 6) is 0. The molecule has 0 saturated heterocycles. The molecule has 7 N–H and O–H groups in total. The van der Waals surface area contributed by atoms with E-state index in [0.29, 0.717) is 5.46 Å². The number of nitrogens with two attached hydrogens (primary N) is 1. The Labute approximate surface area is 121 Å². The van der Waals surface area contributed by atoms with Gasteiger partial charge in [-0.15, -0.1) is 0 Å². The predicted octanol–water partition coefficient (Wildman–Crippen LogP) is -8.54. The molecule has 0 aliphatic rings. The van der Waals surface area contributed by atoms with Gasteiger partial charge in [0.1, 0.15) is 6.54 Å². The number of rotatable bonds is 7. The summed E-state index contributed by atoms with van der Waals surface area (Å²) in [4.78, 5) is 0. The molecule has 0 aliphatic carbocycles. The molecule has 7 heteroatoms. The Morgan fingerprint density at radius 1 is 1.06 bits per heavy atom. The van der Waals surface area contributed by atoms with Crippen LogP contribution in [0.4, 0.5) is 0 Å². The molecule has 1 aromatic carbocycles. The van der Waals surface area contributed by atoms with Crippen molar-refractivity contribution in [3.8, 4) is 0 Å². The van der Waals surface area contributed by atoms with Crippen molar-refractivity contribution in [2.45, 2.75) is 19.4 Å². The number of quaternary nitrogens is 2. The first-order chi connectivity index (χ1) is 7.74. The van der Waals surface area contributed by atoms with E-state index in [1.807, 2.05) is 12.1 Å². The van der Waals surface area contributed by atoms with Crippen LogP contribution in [-0.2, 0) is 6.54 Å². The van der Waals surface area contributed by atoms with Crippen LogP contribution in [0.15, 0.2) is 24.3 Å². The van der Waals surface area contributed by atoms with E-state index in [-0.39, 0.29) is 24.8 Å². The lowest BCUT2D eigenvalue weighted by Gasteiger charge is -2.03. The van der Waals surface area contributed by atoms with Gasteiger partial charge in [-0.05, 0) is 5.46 Å². The molecule has 0 fully saturated rings. The fraction of sp³-hybridized carbons (Fsp3) is 0.455. The van der Waals surface area contributed by atoms with E-state index in [0.717, 1.165) is 19.6 Å². The molecule has 0 spiro atoms. The van der Waals surface area contributed by atoms with Crippen LogP contribution in [0.2, 0.25) is 0 Å². The Kier molecular flexibility index (Phi) is 13.1. The highest BCUT2D eigenvalue weighted by Crippen LogP contribution is 1.94. The molecule has 0 heterocycles. The molecule has 0 aromatic heterocycles. The van der Waals surface area contributed by atoms with Gasteiger partial charge in [-0.3, -0.25) is 0 Å². The first-order valence-electron chi connectivity index (χ1n) is 5.80. The average molecular weight is 295 g/mol. The lowest BCUT2D eigenvalue weighted by Crippen LogP contribution is -3.00. The van der Waals surface area contributed by atoms with Crippen LogP contribution in [0, 0.1) is 0 Å². The molecule has 0 bridgehead atoms. The Bertz CT molecular complexity index is 300. The summed E-state index contributed by atoms with van der Waals surface area (Å²) in [7, 11) is -1.37. The highest BCUT2D eigenvalue weighted by atomic mass is 35.5. The summed E-state index contributed by atoms with van der Waals surface area (Å²) >= 11 is 0. The lowest BCUT2D eigenvalue weighted by molar-refractivity contribution is -0.671. The van der Waals surface area contributed by atoms with Crippen LogP contribution in [-0.4, -0.2) is 30.3 Å². The van der Waals surface area contributed by atoms with Crippen LogP contribution in [0.5, 0.6) is 0 Å². The lowest BCUT2D eigenvalue weighted by atomic mass is 9.80. The van der Waals surface area contributed by atoms with Gasteiger partial charge in [0.2, 0.25) is 0 Å². The smallest absolute Gasteiger partial charge is 0.488 e. The Hall–Kier alpha value is -0.295. The fourth-order valence-electron chi connectivity index (χ4n) is 1.56. The Balaban J connectivity index is 0. The second kappa shape index (κ2) is 11.8. The minimum absolute atomic E-state index is 0. The van der Waals surface area contributed by atoms with Crippen molar-refractivity contribution in [2.24, 2.45) is 0 Å². The number of halogens is 2. The minimum atomic E-state index is -1.37. The van der Waals surface area contributed by atoms with Crippen LogP contribution in [0.25, 0.3) is 0 Å². The highest BCUT2D eigenvalue weighted by Gasteiger charge is 2.09. The monoisotopic (exact) mass is 294 g/mol. The van der Waals surface area contributed by atoms with E-state index in [1.54, 1.807) is 12.1 Å². The van der Waals surface area contributed by atoms with Crippen molar-refractivity contribution in [1.29, 1.82) is 0 Å². The zero-order valence-corrected chi connectivity index (χ0v) is 11.9. The maximum atomic E-state index is 8.93. The number of unbranched alkanes of at least 4 members (excludes halogenated alkanes) is 1. The van der Waals surface area contributed by atoms with Crippen LogP contribution in [0.1, 0.15) is 18.4 Å². The fourth-order valence-corrected chi connectivity index (χ4v) is 1.56. The largest absolute Gasteiger partial charge is 1.00 e. The van der Waals surface area contributed by atoms with Gasteiger partial charge in [0.05, 0.1) is 13.1 Å². The topological polar surface area (TPSA) is 84.7 Å². The molecule has 0 atom stereocenters. The zero-order valence-electron chi connectivity index (χ0n) is 10.4. The summed E-state index contributed by atoms with van der Waals surface area (Å²) < 4.78 is 0. The normalized spacial score (nSPS) is 9.28. The van der Waals surface area contributed by atoms with Crippen molar-refractivity contribution in [2.75, 3.05) is 13.1 Å². The SMILES string of the molecule is [Cl-].[Cl-].[NH3+]CCCC[NH2+]Cc1ccc(B(O)O)cc1. The van der Waals surface area contributed by atoms with Crippen molar-refractivity contribution in [1.82, 2.24) is 0 Å². The van der Waals surface area contributed by atoms with E-state index in [1.165, 1.54) is 18.4 Å². The van der Waals surface area contributed by atoms with Crippen molar-refractivity contribution < 1.29 is 45.9 Å². The maximum Gasteiger partial charge on any atom is 0.488 e. The maximum absolute atomic E-state index is 8.93. The number of hydrogen-bond donors (Lipinski definition) is 4.